The van der Waals surface area contributed by atoms with Crippen LogP contribution in [-0.2, 0) is 24.1 Å². The van der Waals surface area contributed by atoms with Crippen molar-refractivity contribution in [2.75, 3.05) is 11.3 Å². The summed E-state index contributed by atoms with van der Waals surface area (Å²) in [7, 11) is -1.50. The molecule has 0 saturated heterocycles. The van der Waals surface area contributed by atoms with Crippen molar-refractivity contribution >= 4 is 15.7 Å². The van der Waals surface area contributed by atoms with Gasteiger partial charge in [-0.15, -0.1) is 0 Å². The molecule has 2 rings (SSSR count). The lowest BCUT2D eigenvalue weighted by atomic mass is 10.3. The fourth-order valence-corrected chi connectivity index (χ4v) is 3.66. The van der Waals surface area contributed by atoms with E-state index in [0.29, 0.717) is 12.4 Å². The third-order valence-corrected chi connectivity index (χ3v) is 5.10. The van der Waals surface area contributed by atoms with Crippen LogP contribution in [0.3, 0.4) is 0 Å². The van der Waals surface area contributed by atoms with Crippen LogP contribution in [0.2, 0.25) is 0 Å². The van der Waals surface area contributed by atoms with Crippen LogP contribution in [0, 0.1) is 6.92 Å². The van der Waals surface area contributed by atoms with Gasteiger partial charge in [-0.2, -0.15) is 0 Å². The highest BCUT2D eigenvalue weighted by atomic mass is 32.2. The van der Waals surface area contributed by atoms with Crippen LogP contribution in [0.4, 0.5) is 5.69 Å². The first-order chi connectivity index (χ1) is 11.2. The minimum absolute atomic E-state index is 0.0709. The first kappa shape index (κ1) is 17.8. The number of rotatable bonds is 5. The summed E-state index contributed by atoms with van der Waals surface area (Å²) in [6.07, 6.45) is 0. The Morgan fingerprint density at radius 2 is 1.67 bits per heavy atom. The lowest BCUT2D eigenvalue weighted by Gasteiger charge is -2.14. The van der Waals surface area contributed by atoms with Gasteiger partial charge >= 0.3 is 5.69 Å². The molecule has 2 aromatic rings. The molecule has 8 nitrogen and oxygen atoms in total. The highest BCUT2D eigenvalue weighted by molar-refractivity contribution is 7.92. The zero-order valence-electron chi connectivity index (χ0n) is 13.9. The molecule has 1 aromatic heterocycles. The topological polar surface area (TPSA) is 99.4 Å². The number of anilines is 1. The Balaban J connectivity index is 2.49. The second-order valence-electron chi connectivity index (χ2n) is 5.18. The Morgan fingerprint density at radius 1 is 1.08 bits per heavy atom. The van der Waals surface area contributed by atoms with E-state index in [2.05, 4.69) is 4.72 Å². The van der Waals surface area contributed by atoms with Crippen molar-refractivity contribution in [1.82, 2.24) is 9.13 Å². The summed E-state index contributed by atoms with van der Waals surface area (Å²) in [6, 6.07) is 6.30. The number of benzene rings is 1. The normalized spacial score (nSPS) is 11.3. The second-order valence-corrected chi connectivity index (χ2v) is 6.80. The van der Waals surface area contributed by atoms with Crippen molar-refractivity contribution in [2.45, 2.75) is 18.7 Å². The molecule has 0 bridgehead atoms. The van der Waals surface area contributed by atoms with E-state index in [-0.39, 0.29) is 11.4 Å². The maximum absolute atomic E-state index is 12.6. The molecular weight excluding hydrogens is 334 g/mol. The predicted octanol–water partition coefficient (Wildman–Crippen LogP) is 0.592. The van der Waals surface area contributed by atoms with Gasteiger partial charge in [0, 0.05) is 25.5 Å². The fourth-order valence-electron chi connectivity index (χ4n) is 2.22. The van der Waals surface area contributed by atoms with Crippen LogP contribution in [0.5, 0.6) is 5.75 Å². The molecule has 0 radical (unpaired) electrons. The van der Waals surface area contributed by atoms with Gasteiger partial charge in [-0.25, -0.2) is 13.2 Å². The average molecular weight is 353 g/mol. The van der Waals surface area contributed by atoms with Crippen molar-refractivity contribution in [3.63, 3.8) is 0 Å². The van der Waals surface area contributed by atoms with Crippen LogP contribution >= 0.6 is 0 Å². The van der Waals surface area contributed by atoms with E-state index in [0.717, 1.165) is 9.13 Å². The van der Waals surface area contributed by atoms with Crippen molar-refractivity contribution in [3.05, 3.63) is 50.8 Å². The van der Waals surface area contributed by atoms with E-state index in [1.165, 1.54) is 33.2 Å². The largest absolute Gasteiger partial charge is 0.494 e. The SMILES string of the molecule is CCOc1ccc(NS(=O)(=O)c2c(C)n(C)c(=O)n(C)c2=O)cc1. The van der Waals surface area contributed by atoms with Gasteiger partial charge in [-0.3, -0.25) is 18.7 Å². The van der Waals surface area contributed by atoms with Gasteiger partial charge in [-0.1, -0.05) is 0 Å². The molecule has 0 aliphatic rings. The van der Waals surface area contributed by atoms with Gasteiger partial charge in [0.25, 0.3) is 15.6 Å². The van der Waals surface area contributed by atoms with Crippen LogP contribution in [0.25, 0.3) is 0 Å². The molecule has 0 amide bonds. The van der Waals surface area contributed by atoms with Crippen molar-refractivity contribution in [1.29, 1.82) is 0 Å². The molecule has 1 aromatic carbocycles. The summed E-state index contributed by atoms with van der Waals surface area (Å²) in [4.78, 5) is 23.6. The van der Waals surface area contributed by atoms with Crippen LogP contribution in [0.15, 0.2) is 38.8 Å². The monoisotopic (exact) mass is 353 g/mol. The third-order valence-electron chi connectivity index (χ3n) is 3.59. The molecule has 24 heavy (non-hydrogen) atoms. The zero-order chi connectivity index (χ0) is 18.1. The number of nitrogens with one attached hydrogen (secondary N) is 1. The Hall–Kier alpha value is -2.55. The predicted molar refractivity (Wildman–Crippen MR) is 90.1 cm³/mol. The van der Waals surface area contributed by atoms with Gasteiger partial charge < -0.3 is 4.74 Å². The molecule has 0 aliphatic heterocycles. The summed E-state index contributed by atoms with van der Waals surface area (Å²) < 4.78 is 34.7. The molecular formula is C15H19N3O5S. The van der Waals surface area contributed by atoms with Crippen molar-refractivity contribution < 1.29 is 13.2 Å². The Kier molecular flexibility index (Phi) is 4.83. The van der Waals surface area contributed by atoms with E-state index in [9.17, 15) is 18.0 Å². The molecule has 0 spiro atoms. The highest BCUT2D eigenvalue weighted by Crippen LogP contribution is 2.19. The molecule has 0 aliphatic carbocycles. The molecule has 0 fully saturated rings. The summed E-state index contributed by atoms with van der Waals surface area (Å²) in [5.74, 6) is 0.606. The molecule has 130 valence electrons. The molecule has 1 N–H and O–H groups in total. The maximum atomic E-state index is 12.6. The van der Waals surface area contributed by atoms with Gasteiger partial charge in [0.15, 0.2) is 4.90 Å². The minimum atomic E-state index is -4.15. The number of hydrogen-bond acceptors (Lipinski definition) is 5. The molecule has 0 atom stereocenters. The van der Waals surface area contributed by atoms with Crippen molar-refractivity contribution in [3.8, 4) is 5.75 Å². The minimum Gasteiger partial charge on any atom is -0.494 e. The lowest BCUT2D eigenvalue weighted by molar-refractivity contribution is 0.340. The number of hydrogen-bond donors (Lipinski definition) is 1. The van der Waals surface area contributed by atoms with Crippen LogP contribution < -0.4 is 20.7 Å². The second kappa shape index (κ2) is 6.52. The van der Waals surface area contributed by atoms with Crippen molar-refractivity contribution in [2.24, 2.45) is 14.1 Å². The summed E-state index contributed by atoms with van der Waals surface area (Å²) in [5, 5.41) is 0. The number of aromatic nitrogens is 2. The van der Waals surface area contributed by atoms with Gasteiger partial charge in [0.1, 0.15) is 5.75 Å². The van der Waals surface area contributed by atoms with E-state index < -0.39 is 26.2 Å². The van der Waals surface area contributed by atoms with Gasteiger partial charge in [0.05, 0.1) is 6.61 Å². The Labute approximate surface area is 139 Å². The number of nitrogens with zero attached hydrogens (tertiary/aromatic N) is 2. The zero-order valence-corrected chi connectivity index (χ0v) is 14.7. The fraction of sp³-hybridized carbons (Fsp3) is 0.333. The number of sulfonamides is 1. The molecule has 9 heteroatoms. The average Bonchev–Trinajstić information content (AvgIpc) is 2.53. The van der Waals surface area contributed by atoms with E-state index in [4.69, 9.17) is 4.74 Å². The van der Waals surface area contributed by atoms with Crippen LogP contribution in [-0.4, -0.2) is 24.2 Å². The third kappa shape index (κ3) is 3.21. The molecule has 1 heterocycles. The Morgan fingerprint density at radius 3 is 2.21 bits per heavy atom. The van der Waals surface area contributed by atoms with E-state index in [1.54, 1.807) is 12.1 Å². The van der Waals surface area contributed by atoms with Crippen LogP contribution in [0.1, 0.15) is 12.6 Å². The van der Waals surface area contributed by atoms with E-state index >= 15 is 0 Å². The lowest BCUT2D eigenvalue weighted by Crippen LogP contribution is -2.42. The first-order valence-corrected chi connectivity index (χ1v) is 8.69. The smallest absolute Gasteiger partial charge is 0.330 e. The summed E-state index contributed by atoms with van der Waals surface area (Å²) >= 11 is 0. The first-order valence-electron chi connectivity index (χ1n) is 7.21. The van der Waals surface area contributed by atoms with E-state index in [1.807, 2.05) is 6.92 Å². The number of ether oxygens (including phenoxy) is 1. The molecule has 0 saturated carbocycles. The summed E-state index contributed by atoms with van der Waals surface area (Å²) in [6.45, 7) is 3.75. The standard InChI is InChI=1S/C15H19N3O5S/c1-5-23-12-8-6-11(7-9-12)16-24(21,22)13-10(2)17(3)15(20)18(4)14(13)19/h6-9,16H,5H2,1-4H3. The summed E-state index contributed by atoms with van der Waals surface area (Å²) in [5.41, 5.74) is -1.10. The Bertz CT molecular complexity index is 972. The maximum Gasteiger partial charge on any atom is 0.330 e. The highest BCUT2D eigenvalue weighted by Gasteiger charge is 2.25. The quantitative estimate of drug-likeness (QED) is 0.848. The van der Waals surface area contributed by atoms with Gasteiger partial charge in [0.2, 0.25) is 0 Å². The molecule has 0 unspecified atom stereocenters. The van der Waals surface area contributed by atoms with Gasteiger partial charge in [-0.05, 0) is 38.1 Å².